The summed E-state index contributed by atoms with van der Waals surface area (Å²) < 4.78 is 5.84. The van der Waals surface area contributed by atoms with Gasteiger partial charge in [0.05, 0.1) is 0 Å². The molecule has 0 aliphatic heterocycles. The summed E-state index contributed by atoms with van der Waals surface area (Å²) >= 11 is 0. The van der Waals surface area contributed by atoms with Gasteiger partial charge in [-0.15, -0.1) is 0 Å². The van der Waals surface area contributed by atoms with Gasteiger partial charge in [-0.1, -0.05) is 39.8 Å². The number of hydrogen-bond donors (Lipinski definition) is 1. The quantitative estimate of drug-likeness (QED) is 0.793. The Bertz CT molecular complexity index is 395. The van der Waals surface area contributed by atoms with Crippen LogP contribution in [0.1, 0.15) is 40.2 Å². The number of nitrogens with zero attached hydrogens (tertiary/aromatic N) is 1. The van der Waals surface area contributed by atoms with Gasteiger partial charge < -0.3 is 10.1 Å². The van der Waals surface area contributed by atoms with Gasteiger partial charge in [-0.25, -0.2) is 0 Å². The minimum Gasteiger partial charge on any atom is -0.492 e. The molecule has 120 valence electrons. The molecule has 0 aliphatic rings. The highest BCUT2D eigenvalue weighted by molar-refractivity contribution is 5.27. The van der Waals surface area contributed by atoms with Gasteiger partial charge >= 0.3 is 0 Å². The van der Waals surface area contributed by atoms with E-state index in [2.05, 4.69) is 76.1 Å². The second kappa shape index (κ2) is 8.40. The molecule has 1 rings (SSSR count). The Morgan fingerprint density at radius 3 is 2.33 bits per heavy atom. The van der Waals surface area contributed by atoms with Crippen molar-refractivity contribution >= 4 is 0 Å². The summed E-state index contributed by atoms with van der Waals surface area (Å²) in [6, 6.07) is 8.89. The molecular weight excluding hydrogens is 260 g/mol. The average molecular weight is 292 g/mol. The van der Waals surface area contributed by atoms with Crippen molar-refractivity contribution in [3.05, 3.63) is 29.8 Å². The van der Waals surface area contributed by atoms with Gasteiger partial charge in [0.25, 0.3) is 0 Å². The van der Waals surface area contributed by atoms with Crippen LogP contribution < -0.4 is 10.1 Å². The highest BCUT2D eigenvalue weighted by Crippen LogP contribution is 2.22. The molecule has 0 saturated heterocycles. The van der Waals surface area contributed by atoms with Crippen LogP contribution in [0.15, 0.2) is 24.3 Å². The largest absolute Gasteiger partial charge is 0.492 e. The van der Waals surface area contributed by atoms with Crippen LogP contribution in [-0.2, 0) is 6.54 Å². The molecular formula is C18H32N2O. The third kappa shape index (κ3) is 6.49. The van der Waals surface area contributed by atoms with Gasteiger partial charge in [0.2, 0.25) is 0 Å². The summed E-state index contributed by atoms with van der Waals surface area (Å²) in [6.07, 6.45) is 0. The standard InChI is InChI=1S/C18H32N2O/c1-7-19-14-16-8-10-17(11-9-16)21-13-12-20(6)15(2)18(3,4)5/h8-11,15,19H,7,12-14H2,1-6H3. The van der Waals surface area contributed by atoms with Gasteiger partial charge in [0, 0.05) is 19.1 Å². The first-order valence-electron chi connectivity index (χ1n) is 7.97. The fraction of sp³-hybridized carbons (Fsp3) is 0.667. The Balaban J connectivity index is 2.35. The van der Waals surface area contributed by atoms with E-state index in [9.17, 15) is 0 Å². The maximum Gasteiger partial charge on any atom is 0.119 e. The Labute approximate surface area is 130 Å². The van der Waals surface area contributed by atoms with Gasteiger partial charge in [0.15, 0.2) is 0 Å². The van der Waals surface area contributed by atoms with Crippen molar-refractivity contribution in [2.45, 2.75) is 47.2 Å². The molecule has 1 aromatic carbocycles. The van der Waals surface area contributed by atoms with Crippen molar-refractivity contribution < 1.29 is 4.74 Å². The van der Waals surface area contributed by atoms with Crippen molar-refractivity contribution in [2.75, 3.05) is 26.7 Å². The first-order chi connectivity index (χ1) is 9.84. The maximum atomic E-state index is 5.84. The lowest BCUT2D eigenvalue weighted by molar-refractivity contribution is 0.121. The number of nitrogens with one attached hydrogen (secondary N) is 1. The predicted octanol–water partition coefficient (Wildman–Crippen LogP) is 3.54. The van der Waals surface area contributed by atoms with E-state index < -0.39 is 0 Å². The highest BCUT2D eigenvalue weighted by Gasteiger charge is 2.23. The molecule has 1 unspecified atom stereocenters. The molecule has 3 heteroatoms. The zero-order valence-corrected chi connectivity index (χ0v) is 14.6. The SMILES string of the molecule is CCNCc1ccc(OCCN(C)C(C)C(C)(C)C)cc1. The van der Waals surface area contributed by atoms with Crippen LogP contribution in [0.5, 0.6) is 5.75 Å². The molecule has 0 amide bonds. The first-order valence-corrected chi connectivity index (χ1v) is 7.97. The molecule has 1 atom stereocenters. The van der Waals surface area contributed by atoms with Crippen LogP contribution in [-0.4, -0.2) is 37.7 Å². The number of likely N-dealkylation sites (N-methyl/N-ethyl adjacent to an activating group) is 1. The molecule has 0 heterocycles. The number of rotatable bonds is 8. The van der Waals surface area contributed by atoms with E-state index in [0.29, 0.717) is 11.5 Å². The van der Waals surface area contributed by atoms with Gasteiger partial charge in [-0.05, 0) is 43.6 Å². The Morgan fingerprint density at radius 2 is 1.81 bits per heavy atom. The molecule has 0 radical (unpaired) electrons. The Hall–Kier alpha value is -1.06. The zero-order chi connectivity index (χ0) is 15.9. The van der Waals surface area contributed by atoms with Crippen LogP contribution in [0.25, 0.3) is 0 Å². The van der Waals surface area contributed by atoms with Crippen molar-refractivity contribution in [3.8, 4) is 5.75 Å². The fourth-order valence-corrected chi connectivity index (χ4v) is 2.14. The van der Waals surface area contributed by atoms with Crippen molar-refractivity contribution in [2.24, 2.45) is 5.41 Å². The van der Waals surface area contributed by atoms with E-state index in [0.717, 1.165) is 32.0 Å². The van der Waals surface area contributed by atoms with Crippen molar-refractivity contribution in [1.82, 2.24) is 10.2 Å². The molecule has 1 aromatic rings. The summed E-state index contributed by atoms with van der Waals surface area (Å²) in [5.41, 5.74) is 1.59. The third-order valence-corrected chi connectivity index (χ3v) is 4.13. The van der Waals surface area contributed by atoms with E-state index in [1.54, 1.807) is 0 Å². The van der Waals surface area contributed by atoms with Gasteiger partial charge in [0.1, 0.15) is 12.4 Å². The monoisotopic (exact) mass is 292 g/mol. The van der Waals surface area contributed by atoms with Crippen molar-refractivity contribution in [1.29, 1.82) is 0 Å². The molecule has 1 N–H and O–H groups in total. The zero-order valence-electron chi connectivity index (χ0n) is 14.6. The smallest absolute Gasteiger partial charge is 0.119 e. The molecule has 0 saturated carbocycles. The summed E-state index contributed by atoms with van der Waals surface area (Å²) in [4.78, 5) is 2.36. The molecule has 0 fully saturated rings. The first kappa shape index (κ1) is 18.0. The second-order valence-corrected chi connectivity index (χ2v) is 6.80. The van der Waals surface area contributed by atoms with E-state index in [4.69, 9.17) is 4.74 Å². The predicted molar refractivity (Wildman–Crippen MR) is 90.9 cm³/mol. The van der Waals surface area contributed by atoms with E-state index in [-0.39, 0.29) is 0 Å². The Morgan fingerprint density at radius 1 is 1.19 bits per heavy atom. The molecule has 21 heavy (non-hydrogen) atoms. The highest BCUT2D eigenvalue weighted by atomic mass is 16.5. The lowest BCUT2D eigenvalue weighted by atomic mass is 9.87. The topological polar surface area (TPSA) is 24.5 Å². The average Bonchev–Trinajstić information content (AvgIpc) is 2.44. The van der Waals surface area contributed by atoms with Crippen molar-refractivity contribution in [3.63, 3.8) is 0 Å². The number of ether oxygens (including phenoxy) is 1. The van der Waals surface area contributed by atoms with E-state index in [1.165, 1.54) is 5.56 Å². The van der Waals surface area contributed by atoms with Crippen LogP contribution in [0.4, 0.5) is 0 Å². The fourth-order valence-electron chi connectivity index (χ4n) is 2.14. The molecule has 3 nitrogen and oxygen atoms in total. The van der Waals surface area contributed by atoms with Gasteiger partial charge in [-0.2, -0.15) is 0 Å². The van der Waals surface area contributed by atoms with Crippen LogP contribution >= 0.6 is 0 Å². The normalized spacial score (nSPS) is 13.5. The minimum atomic E-state index is 0.294. The Kier molecular flexibility index (Phi) is 7.20. The molecule has 0 aliphatic carbocycles. The van der Waals surface area contributed by atoms with Crippen LogP contribution in [0, 0.1) is 5.41 Å². The van der Waals surface area contributed by atoms with E-state index in [1.807, 2.05) is 0 Å². The van der Waals surface area contributed by atoms with Gasteiger partial charge in [-0.3, -0.25) is 4.90 Å². The second-order valence-electron chi connectivity index (χ2n) is 6.80. The summed E-state index contributed by atoms with van der Waals surface area (Å²) in [5, 5.41) is 3.32. The molecule has 0 spiro atoms. The lowest BCUT2D eigenvalue weighted by Crippen LogP contribution is -2.41. The third-order valence-electron chi connectivity index (χ3n) is 4.13. The summed E-state index contributed by atoms with van der Waals surface area (Å²) in [5.74, 6) is 0.951. The maximum absolute atomic E-state index is 5.84. The molecule has 0 bridgehead atoms. The number of hydrogen-bond acceptors (Lipinski definition) is 3. The molecule has 0 aromatic heterocycles. The van der Waals surface area contributed by atoms with Crippen LogP contribution in [0.3, 0.4) is 0 Å². The summed E-state index contributed by atoms with van der Waals surface area (Å²) in [6.45, 7) is 14.8. The lowest BCUT2D eigenvalue weighted by Gasteiger charge is -2.35. The number of benzene rings is 1. The summed E-state index contributed by atoms with van der Waals surface area (Å²) in [7, 11) is 2.17. The van der Waals surface area contributed by atoms with Crippen LogP contribution in [0.2, 0.25) is 0 Å². The minimum absolute atomic E-state index is 0.294. The van der Waals surface area contributed by atoms with E-state index >= 15 is 0 Å².